The third kappa shape index (κ3) is 3.98. The van der Waals surface area contributed by atoms with E-state index < -0.39 is 0 Å². The van der Waals surface area contributed by atoms with Gasteiger partial charge in [0.25, 0.3) is 5.91 Å². The molecule has 0 saturated carbocycles. The maximum absolute atomic E-state index is 12.8. The van der Waals surface area contributed by atoms with Crippen LogP contribution in [0.25, 0.3) is 26.7 Å². The lowest BCUT2D eigenvalue weighted by atomic mass is 10.1. The fourth-order valence-electron chi connectivity index (χ4n) is 3.15. The first-order valence-electron chi connectivity index (χ1n) is 9.63. The van der Waals surface area contributed by atoms with E-state index >= 15 is 0 Å². The van der Waals surface area contributed by atoms with Crippen molar-refractivity contribution in [3.05, 3.63) is 83.2 Å². The van der Waals surface area contributed by atoms with Crippen molar-refractivity contribution in [1.29, 1.82) is 0 Å². The van der Waals surface area contributed by atoms with E-state index in [0.29, 0.717) is 21.9 Å². The summed E-state index contributed by atoms with van der Waals surface area (Å²) < 4.78 is 1.62. The number of nitrogen functional groups attached to an aromatic ring is 1. The van der Waals surface area contributed by atoms with E-state index in [9.17, 15) is 9.90 Å². The van der Waals surface area contributed by atoms with E-state index in [4.69, 9.17) is 5.73 Å². The number of aromatic nitrogens is 3. The Balaban J connectivity index is 1.35. The van der Waals surface area contributed by atoms with Crippen LogP contribution in [0.5, 0.6) is 5.75 Å². The minimum Gasteiger partial charge on any atom is -0.508 e. The summed E-state index contributed by atoms with van der Waals surface area (Å²) in [5.74, 6) is -0.0493. The normalized spacial score (nSPS) is 10.9. The predicted molar refractivity (Wildman–Crippen MR) is 128 cm³/mol. The van der Waals surface area contributed by atoms with Crippen molar-refractivity contribution in [3.8, 4) is 32.4 Å². The molecule has 0 spiro atoms. The molecule has 0 unspecified atom stereocenters. The third-order valence-electron chi connectivity index (χ3n) is 4.80. The van der Waals surface area contributed by atoms with E-state index in [2.05, 4.69) is 15.6 Å². The van der Waals surface area contributed by atoms with Gasteiger partial charge in [-0.3, -0.25) is 4.79 Å². The summed E-state index contributed by atoms with van der Waals surface area (Å²) in [6.07, 6.45) is 1.78. The summed E-state index contributed by atoms with van der Waals surface area (Å²) in [5, 5.41) is 22.7. The Morgan fingerprint density at radius 3 is 2.66 bits per heavy atom. The molecule has 0 aliphatic rings. The van der Waals surface area contributed by atoms with Gasteiger partial charge in [-0.1, -0.05) is 17.3 Å². The highest BCUT2D eigenvalue weighted by Gasteiger charge is 2.15. The van der Waals surface area contributed by atoms with Gasteiger partial charge in [-0.15, -0.1) is 27.8 Å². The van der Waals surface area contributed by atoms with Crippen molar-refractivity contribution in [1.82, 2.24) is 15.0 Å². The number of hydrogen-bond acceptors (Lipinski definition) is 7. The second-order valence-electron chi connectivity index (χ2n) is 6.96. The van der Waals surface area contributed by atoms with E-state index in [0.717, 1.165) is 21.0 Å². The molecule has 2 aromatic carbocycles. The monoisotopic (exact) mass is 459 g/mol. The molecule has 32 heavy (non-hydrogen) atoms. The molecule has 5 rings (SSSR count). The molecule has 158 valence electrons. The first-order chi connectivity index (χ1) is 15.6. The smallest absolute Gasteiger partial charge is 0.265 e. The topological polar surface area (TPSA) is 106 Å². The first kappa shape index (κ1) is 20.0. The molecular formula is C23H17N5O2S2. The van der Waals surface area contributed by atoms with E-state index in [1.807, 2.05) is 35.7 Å². The van der Waals surface area contributed by atoms with E-state index in [1.54, 1.807) is 58.6 Å². The van der Waals surface area contributed by atoms with Gasteiger partial charge in [-0.25, -0.2) is 4.68 Å². The maximum Gasteiger partial charge on any atom is 0.265 e. The first-order valence-corrected chi connectivity index (χ1v) is 11.3. The van der Waals surface area contributed by atoms with Crippen LogP contribution < -0.4 is 11.1 Å². The number of rotatable bonds is 5. The molecule has 1 amide bonds. The number of amides is 1. The van der Waals surface area contributed by atoms with Gasteiger partial charge in [-0.2, -0.15) is 0 Å². The zero-order chi connectivity index (χ0) is 22.1. The van der Waals surface area contributed by atoms with Crippen LogP contribution in [0, 0.1) is 0 Å². The lowest BCUT2D eigenvalue weighted by Crippen LogP contribution is -2.11. The summed E-state index contributed by atoms with van der Waals surface area (Å²) in [5.41, 5.74) is 9.60. The average molecular weight is 460 g/mol. The molecule has 9 heteroatoms. The average Bonchev–Trinajstić information content (AvgIpc) is 3.56. The number of carbonyl (C=O) groups excluding carboxylic acids is 1. The lowest BCUT2D eigenvalue weighted by molar-refractivity contribution is 0.103. The van der Waals surface area contributed by atoms with Crippen LogP contribution >= 0.6 is 22.7 Å². The van der Waals surface area contributed by atoms with Gasteiger partial charge in [0.2, 0.25) is 0 Å². The van der Waals surface area contributed by atoms with Crippen LogP contribution in [0.4, 0.5) is 11.4 Å². The largest absolute Gasteiger partial charge is 0.508 e. The van der Waals surface area contributed by atoms with Crippen LogP contribution in [0.3, 0.4) is 0 Å². The summed E-state index contributed by atoms with van der Waals surface area (Å²) in [4.78, 5) is 15.3. The molecule has 5 aromatic rings. The summed E-state index contributed by atoms with van der Waals surface area (Å²) >= 11 is 2.95. The van der Waals surface area contributed by atoms with Crippen LogP contribution in [0.15, 0.2) is 78.3 Å². The molecule has 0 saturated heterocycles. The van der Waals surface area contributed by atoms with Crippen molar-refractivity contribution >= 4 is 40.0 Å². The number of benzene rings is 2. The number of anilines is 2. The Morgan fingerprint density at radius 2 is 1.88 bits per heavy atom. The Bertz CT molecular complexity index is 1390. The van der Waals surface area contributed by atoms with Crippen molar-refractivity contribution in [2.75, 3.05) is 11.1 Å². The highest BCUT2D eigenvalue weighted by atomic mass is 32.1. The summed E-state index contributed by atoms with van der Waals surface area (Å²) in [6, 6.07) is 19.9. The highest BCUT2D eigenvalue weighted by Crippen LogP contribution is 2.32. The molecule has 0 atom stereocenters. The Labute approximate surface area is 191 Å². The van der Waals surface area contributed by atoms with Crippen LogP contribution in [0.1, 0.15) is 9.67 Å². The van der Waals surface area contributed by atoms with E-state index in [1.165, 1.54) is 11.3 Å². The number of thiophene rings is 2. The van der Waals surface area contributed by atoms with Gasteiger partial charge in [0.15, 0.2) is 0 Å². The van der Waals surface area contributed by atoms with Gasteiger partial charge in [-0.05, 0) is 65.5 Å². The molecule has 4 N–H and O–H groups in total. The van der Waals surface area contributed by atoms with Crippen molar-refractivity contribution < 1.29 is 9.90 Å². The number of nitrogens with two attached hydrogens (primary N) is 1. The minimum absolute atomic E-state index is 0.185. The lowest BCUT2D eigenvalue weighted by Gasteiger charge is -2.09. The number of nitrogens with one attached hydrogen (secondary N) is 1. The van der Waals surface area contributed by atoms with Crippen molar-refractivity contribution in [2.45, 2.75) is 0 Å². The van der Waals surface area contributed by atoms with Crippen molar-refractivity contribution in [2.24, 2.45) is 0 Å². The minimum atomic E-state index is -0.234. The molecular weight excluding hydrogens is 442 g/mol. The standard InChI is InChI=1S/C23H17N5O2S2/c24-17-8-3-14(20-2-1-11-31-20)12-18(17)25-23(30)22-10-9-21(32-22)19-13-28(27-26-19)15-4-6-16(29)7-5-15/h1-13,29H,24H2,(H,25,30). The van der Waals surface area contributed by atoms with Gasteiger partial charge in [0, 0.05) is 4.88 Å². The quantitative estimate of drug-likeness (QED) is 0.311. The molecule has 0 radical (unpaired) electrons. The molecule has 0 aliphatic heterocycles. The molecule has 3 heterocycles. The Hall–Kier alpha value is -3.95. The number of nitrogens with zero attached hydrogens (tertiary/aromatic N) is 3. The zero-order valence-corrected chi connectivity index (χ0v) is 18.2. The maximum atomic E-state index is 12.8. The van der Waals surface area contributed by atoms with Gasteiger partial charge in [0.05, 0.1) is 33.0 Å². The number of phenols is 1. The van der Waals surface area contributed by atoms with Gasteiger partial charge < -0.3 is 16.2 Å². The van der Waals surface area contributed by atoms with Crippen LogP contribution in [-0.2, 0) is 0 Å². The van der Waals surface area contributed by atoms with Gasteiger partial charge in [0.1, 0.15) is 11.4 Å². The number of aromatic hydroxyl groups is 1. The number of phenolic OH excluding ortho intramolecular Hbond substituents is 1. The molecule has 0 aliphatic carbocycles. The SMILES string of the molecule is Nc1ccc(-c2cccs2)cc1NC(=O)c1ccc(-c2cn(-c3ccc(O)cc3)nn2)s1. The van der Waals surface area contributed by atoms with Gasteiger partial charge >= 0.3 is 0 Å². The summed E-state index contributed by atoms with van der Waals surface area (Å²) in [6.45, 7) is 0. The van der Waals surface area contributed by atoms with E-state index in [-0.39, 0.29) is 11.7 Å². The van der Waals surface area contributed by atoms with Crippen LogP contribution in [0.2, 0.25) is 0 Å². The molecule has 0 fully saturated rings. The second kappa shape index (κ2) is 8.29. The predicted octanol–water partition coefficient (Wildman–Crippen LogP) is 5.26. The fourth-order valence-corrected chi connectivity index (χ4v) is 4.73. The molecule has 0 bridgehead atoms. The highest BCUT2D eigenvalue weighted by molar-refractivity contribution is 7.17. The second-order valence-corrected chi connectivity index (χ2v) is 8.99. The zero-order valence-electron chi connectivity index (χ0n) is 16.6. The number of carbonyl (C=O) groups is 1. The summed E-state index contributed by atoms with van der Waals surface area (Å²) in [7, 11) is 0. The molecule has 7 nitrogen and oxygen atoms in total. The van der Waals surface area contributed by atoms with Crippen molar-refractivity contribution in [3.63, 3.8) is 0 Å². The molecule has 3 aromatic heterocycles. The number of hydrogen-bond donors (Lipinski definition) is 3. The fraction of sp³-hybridized carbons (Fsp3) is 0. The third-order valence-corrected chi connectivity index (χ3v) is 6.82. The van der Waals surface area contributed by atoms with Crippen LogP contribution in [-0.4, -0.2) is 26.0 Å². The Morgan fingerprint density at radius 1 is 1.03 bits per heavy atom. The Kier molecular flexibility index (Phi) is 5.18.